The van der Waals surface area contributed by atoms with E-state index >= 15 is 0 Å². The van der Waals surface area contributed by atoms with Crippen LogP contribution in [0.1, 0.15) is 22.8 Å². The molecule has 2 aromatic carbocycles. The molecule has 0 bridgehead atoms. The summed E-state index contributed by atoms with van der Waals surface area (Å²) in [5, 5.41) is 3.47. The summed E-state index contributed by atoms with van der Waals surface area (Å²) in [7, 11) is 0. The number of hydrogen-bond donors (Lipinski definition) is 2. The molecule has 0 aliphatic heterocycles. The molecule has 1 heterocycles. The van der Waals surface area contributed by atoms with Crippen LogP contribution in [0.15, 0.2) is 48.7 Å². The minimum atomic E-state index is -0.339. The lowest BCUT2D eigenvalue weighted by Crippen LogP contribution is -2.14. The first-order valence-corrected chi connectivity index (χ1v) is 7.20. The molecule has 116 valence electrons. The monoisotopic (exact) mass is 310 g/mol. The molecule has 0 spiro atoms. The number of amides is 1. The van der Waals surface area contributed by atoms with Crippen molar-refractivity contribution in [3.63, 3.8) is 0 Å². The summed E-state index contributed by atoms with van der Waals surface area (Å²) in [4.78, 5) is 26.2. The van der Waals surface area contributed by atoms with Gasteiger partial charge in [-0.05, 0) is 42.8 Å². The molecular formula is C18H15FN2O2. The van der Waals surface area contributed by atoms with Gasteiger partial charge in [0.2, 0.25) is 5.91 Å². The lowest BCUT2D eigenvalue weighted by molar-refractivity contribution is -0.115. The highest BCUT2D eigenvalue weighted by Gasteiger charge is 2.11. The average Bonchev–Trinajstić information content (AvgIpc) is 2.92. The molecule has 0 aliphatic carbocycles. The molecule has 23 heavy (non-hydrogen) atoms. The lowest BCUT2D eigenvalue weighted by Gasteiger charge is -2.05. The number of para-hydroxylation sites is 1. The van der Waals surface area contributed by atoms with E-state index in [-0.39, 0.29) is 23.9 Å². The minimum Gasteiger partial charge on any atom is -0.359 e. The molecule has 5 heteroatoms. The number of fused-ring (bicyclic) bond motifs is 1. The fourth-order valence-electron chi connectivity index (χ4n) is 2.49. The highest BCUT2D eigenvalue weighted by molar-refractivity contribution is 5.97. The first-order chi connectivity index (χ1) is 11.0. The van der Waals surface area contributed by atoms with Crippen LogP contribution in [-0.2, 0) is 11.2 Å². The topological polar surface area (TPSA) is 62.0 Å². The average molecular weight is 310 g/mol. The van der Waals surface area contributed by atoms with Gasteiger partial charge in [0, 0.05) is 22.8 Å². The van der Waals surface area contributed by atoms with Gasteiger partial charge in [-0.15, -0.1) is 0 Å². The van der Waals surface area contributed by atoms with Gasteiger partial charge in [0.1, 0.15) is 5.82 Å². The smallest absolute Gasteiger partial charge is 0.228 e. The molecule has 1 amide bonds. The number of Topliss-reactive ketones (excluding diaryl/α,β-unsaturated/α-hetero) is 1. The maximum absolute atomic E-state index is 13.6. The van der Waals surface area contributed by atoms with Gasteiger partial charge in [-0.2, -0.15) is 0 Å². The third-order valence-electron chi connectivity index (χ3n) is 3.68. The van der Waals surface area contributed by atoms with Gasteiger partial charge in [0.05, 0.1) is 11.9 Å². The Morgan fingerprint density at radius 3 is 2.57 bits per heavy atom. The summed E-state index contributed by atoms with van der Waals surface area (Å²) in [5.41, 5.74) is 2.35. The zero-order valence-electron chi connectivity index (χ0n) is 12.5. The summed E-state index contributed by atoms with van der Waals surface area (Å²) in [6, 6.07) is 11.5. The van der Waals surface area contributed by atoms with Crippen LogP contribution in [0.3, 0.4) is 0 Å². The van der Waals surface area contributed by atoms with Crippen molar-refractivity contribution < 1.29 is 14.0 Å². The summed E-state index contributed by atoms with van der Waals surface area (Å²) < 4.78 is 13.6. The predicted molar refractivity (Wildman–Crippen MR) is 87.0 cm³/mol. The summed E-state index contributed by atoms with van der Waals surface area (Å²) in [6.45, 7) is 1.49. The molecule has 0 saturated heterocycles. The highest BCUT2D eigenvalue weighted by atomic mass is 19.1. The van der Waals surface area contributed by atoms with Crippen LogP contribution < -0.4 is 5.32 Å². The first kappa shape index (κ1) is 15.0. The number of nitrogens with one attached hydrogen (secondary N) is 2. The number of anilines is 1. The van der Waals surface area contributed by atoms with E-state index in [2.05, 4.69) is 10.3 Å². The van der Waals surface area contributed by atoms with Crippen molar-refractivity contribution in [1.29, 1.82) is 0 Å². The predicted octanol–water partition coefficient (Wildman–Crippen LogP) is 3.69. The van der Waals surface area contributed by atoms with Gasteiger partial charge in [0.25, 0.3) is 0 Å². The second kappa shape index (κ2) is 6.04. The van der Waals surface area contributed by atoms with Gasteiger partial charge in [-0.25, -0.2) is 4.39 Å². The van der Waals surface area contributed by atoms with Gasteiger partial charge in [0.15, 0.2) is 5.78 Å². The number of halogens is 1. The van der Waals surface area contributed by atoms with Crippen molar-refractivity contribution in [3.8, 4) is 0 Å². The van der Waals surface area contributed by atoms with E-state index in [1.165, 1.54) is 13.0 Å². The van der Waals surface area contributed by atoms with Gasteiger partial charge in [-0.3, -0.25) is 9.59 Å². The fraction of sp³-hybridized carbons (Fsp3) is 0.111. The Morgan fingerprint density at radius 2 is 1.87 bits per heavy atom. The number of carbonyl (C=O) groups excluding carboxylic acids is 2. The largest absolute Gasteiger partial charge is 0.359 e. The zero-order chi connectivity index (χ0) is 16.4. The third kappa shape index (κ3) is 3.13. The Balaban J connectivity index is 1.73. The van der Waals surface area contributed by atoms with Crippen LogP contribution in [0.4, 0.5) is 10.1 Å². The van der Waals surface area contributed by atoms with E-state index in [4.69, 9.17) is 0 Å². The normalized spacial score (nSPS) is 10.7. The lowest BCUT2D eigenvalue weighted by atomic mass is 10.1. The van der Waals surface area contributed by atoms with E-state index in [0.29, 0.717) is 22.2 Å². The van der Waals surface area contributed by atoms with Crippen LogP contribution >= 0.6 is 0 Å². The number of carbonyl (C=O) groups is 2. The van der Waals surface area contributed by atoms with Crippen LogP contribution in [0.25, 0.3) is 10.9 Å². The molecule has 0 atom stereocenters. The molecular weight excluding hydrogens is 295 g/mol. The molecule has 3 aromatic rings. The Morgan fingerprint density at radius 1 is 1.13 bits per heavy atom. The van der Waals surface area contributed by atoms with Gasteiger partial charge >= 0.3 is 0 Å². The Bertz CT molecular complexity index is 882. The van der Waals surface area contributed by atoms with Crippen LogP contribution in [0.5, 0.6) is 0 Å². The second-order valence-electron chi connectivity index (χ2n) is 5.33. The summed E-state index contributed by atoms with van der Waals surface area (Å²) in [5.74, 6) is -0.566. The van der Waals surface area contributed by atoms with Gasteiger partial charge in [-0.1, -0.05) is 12.1 Å². The van der Waals surface area contributed by atoms with Crippen molar-refractivity contribution in [3.05, 3.63) is 65.6 Å². The maximum Gasteiger partial charge on any atom is 0.228 e. The number of ketones is 1. The van der Waals surface area contributed by atoms with E-state index in [0.717, 1.165) is 5.56 Å². The van der Waals surface area contributed by atoms with E-state index in [9.17, 15) is 14.0 Å². The summed E-state index contributed by atoms with van der Waals surface area (Å²) in [6.07, 6.45) is 1.78. The van der Waals surface area contributed by atoms with Crippen molar-refractivity contribution in [2.75, 3.05) is 5.32 Å². The molecule has 0 fully saturated rings. The number of aromatic amines is 1. The number of rotatable bonds is 4. The minimum absolute atomic E-state index is 0.0244. The quantitative estimate of drug-likeness (QED) is 0.722. The fourth-order valence-corrected chi connectivity index (χ4v) is 2.49. The van der Waals surface area contributed by atoms with E-state index in [1.54, 1.807) is 42.6 Å². The second-order valence-corrected chi connectivity index (χ2v) is 5.33. The molecule has 2 N–H and O–H groups in total. The highest BCUT2D eigenvalue weighted by Crippen LogP contribution is 2.21. The van der Waals surface area contributed by atoms with E-state index in [1.807, 2.05) is 0 Å². The SMILES string of the molecule is CC(=O)c1ccc(NC(=O)Cc2c[nH]c3c(F)cccc23)cc1. The molecule has 0 aliphatic rings. The van der Waals surface area contributed by atoms with Crippen LogP contribution in [0, 0.1) is 5.82 Å². The Labute approximate surface area is 132 Å². The van der Waals surface area contributed by atoms with Crippen molar-refractivity contribution in [2.45, 2.75) is 13.3 Å². The van der Waals surface area contributed by atoms with Crippen molar-refractivity contribution in [1.82, 2.24) is 4.98 Å². The van der Waals surface area contributed by atoms with Gasteiger partial charge < -0.3 is 10.3 Å². The van der Waals surface area contributed by atoms with Crippen molar-refractivity contribution in [2.24, 2.45) is 0 Å². The maximum atomic E-state index is 13.6. The Kier molecular flexibility index (Phi) is 3.93. The number of hydrogen-bond acceptors (Lipinski definition) is 2. The molecule has 3 rings (SSSR count). The van der Waals surface area contributed by atoms with Crippen molar-refractivity contribution >= 4 is 28.3 Å². The number of H-pyrrole nitrogens is 1. The van der Waals surface area contributed by atoms with E-state index < -0.39 is 0 Å². The first-order valence-electron chi connectivity index (χ1n) is 7.20. The third-order valence-corrected chi connectivity index (χ3v) is 3.68. The molecule has 0 saturated carbocycles. The Hall–Kier alpha value is -2.95. The molecule has 0 unspecified atom stereocenters. The standard InChI is InChI=1S/C18H15FN2O2/c1-11(22)12-5-7-14(8-6-12)21-17(23)9-13-10-20-18-15(13)3-2-4-16(18)19/h2-8,10,20H,9H2,1H3,(H,21,23). The van der Waals surface area contributed by atoms with Crippen LogP contribution in [0.2, 0.25) is 0 Å². The zero-order valence-corrected chi connectivity index (χ0v) is 12.5. The van der Waals surface area contributed by atoms with Crippen LogP contribution in [-0.4, -0.2) is 16.7 Å². The summed E-state index contributed by atoms with van der Waals surface area (Å²) >= 11 is 0. The number of aromatic nitrogens is 1. The number of benzene rings is 2. The molecule has 1 aromatic heterocycles. The molecule has 4 nitrogen and oxygen atoms in total. The molecule has 0 radical (unpaired) electrons.